The lowest BCUT2D eigenvalue weighted by Gasteiger charge is -2.09. The monoisotopic (exact) mass is 211 g/mol. The van der Waals surface area contributed by atoms with Gasteiger partial charge in [-0.25, -0.2) is 0 Å². The Morgan fingerprint density at radius 3 is 2.57 bits per heavy atom. The van der Waals surface area contributed by atoms with E-state index in [1.54, 1.807) is 19.2 Å². The minimum absolute atomic E-state index is 0.228. The minimum atomic E-state index is 0.228. The topological polar surface area (TPSA) is 42.2 Å². The molecule has 0 aliphatic carbocycles. The summed E-state index contributed by atoms with van der Waals surface area (Å²) in [5.41, 5.74) is 0.692. The zero-order valence-electron chi connectivity index (χ0n) is 8.00. The van der Waals surface area contributed by atoms with Crippen LogP contribution in [0.1, 0.15) is 5.56 Å². The van der Waals surface area contributed by atoms with E-state index < -0.39 is 0 Å². The quantitative estimate of drug-likeness (QED) is 0.771. The van der Waals surface area contributed by atoms with Gasteiger partial charge in [-0.1, -0.05) is 11.6 Å². The summed E-state index contributed by atoms with van der Waals surface area (Å²) in [5, 5.41) is 9.08. The molecule has 0 spiro atoms. The first-order valence-electron chi connectivity index (χ1n) is 4.00. The van der Waals surface area contributed by atoms with E-state index in [-0.39, 0.29) is 6.42 Å². The molecule has 1 aromatic carbocycles. The fraction of sp³-hybridized carbons (Fsp3) is 0.300. The number of methoxy groups -OCH3 is 2. The van der Waals surface area contributed by atoms with Gasteiger partial charge in [0.2, 0.25) is 0 Å². The molecule has 0 saturated heterocycles. The second kappa shape index (κ2) is 4.73. The molecule has 0 saturated carbocycles. The minimum Gasteiger partial charge on any atom is -0.497 e. The molecular formula is C10H10ClNO2. The van der Waals surface area contributed by atoms with Gasteiger partial charge in [-0.2, -0.15) is 5.26 Å². The summed E-state index contributed by atoms with van der Waals surface area (Å²) in [5.74, 6) is 1.20. The van der Waals surface area contributed by atoms with Crippen LogP contribution in [0.25, 0.3) is 0 Å². The molecule has 0 radical (unpaired) electrons. The number of hydrogen-bond donors (Lipinski definition) is 0. The average molecular weight is 212 g/mol. The van der Waals surface area contributed by atoms with Gasteiger partial charge in [-0.15, -0.1) is 0 Å². The molecule has 0 aliphatic rings. The number of benzene rings is 1. The largest absolute Gasteiger partial charge is 0.497 e. The molecule has 74 valence electrons. The Balaban J connectivity index is 3.21. The SMILES string of the molecule is COc1cc(Cl)c(CC#N)c(OC)c1. The molecule has 4 heteroatoms. The van der Waals surface area contributed by atoms with E-state index in [4.69, 9.17) is 26.3 Å². The van der Waals surface area contributed by atoms with Gasteiger partial charge in [0.1, 0.15) is 11.5 Å². The van der Waals surface area contributed by atoms with Gasteiger partial charge in [0, 0.05) is 11.6 Å². The smallest absolute Gasteiger partial charge is 0.128 e. The van der Waals surface area contributed by atoms with E-state index in [0.717, 1.165) is 0 Å². The van der Waals surface area contributed by atoms with Crippen LogP contribution < -0.4 is 9.47 Å². The second-order valence-electron chi connectivity index (χ2n) is 2.62. The Hall–Kier alpha value is -1.40. The van der Waals surface area contributed by atoms with Crippen molar-refractivity contribution in [3.05, 3.63) is 22.7 Å². The number of ether oxygens (including phenoxy) is 2. The highest BCUT2D eigenvalue weighted by Gasteiger charge is 2.10. The predicted molar refractivity (Wildman–Crippen MR) is 53.9 cm³/mol. The maximum absolute atomic E-state index is 8.60. The summed E-state index contributed by atoms with van der Waals surface area (Å²) in [6.45, 7) is 0. The van der Waals surface area contributed by atoms with E-state index in [9.17, 15) is 0 Å². The van der Waals surface area contributed by atoms with Crippen LogP contribution in [-0.2, 0) is 6.42 Å². The molecule has 0 bridgehead atoms. The molecule has 0 fully saturated rings. The van der Waals surface area contributed by atoms with Crippen molar-refractivity contribution in [3.8, 4) is 17.6 Å². The summed E-state index contributed by atoms with van der Waals surface area (Å²) in [7, 11) is 3.08. The Morgan fingerprint density at radius 1 is 1.36 bits per heavy atom. The fourth-order valence-electron chi connectivity index (χ4n) is 1.14. The van der Waals surface area contributed by atoms with Crippen molar-refractivity contribution in [1.29, 1.82) is 5.26 Å². The van der Waals surface area contributed by atoms with Gasteiger partial charge in [0.25, 0.3) is 0 Å². The van der Waals surface area contributed by atoms with Gasteiger partial charge in [0.15, 0.2) is 0 Å². The van der Waals surface area contributed by atoms with Crippen molar-refractivity contribution in [2.45, 2.75) is 6.42 Å². The van der Waals surface area contributed by atoms with Crippen LogP contribution in [0.4, 0.5) is 0 Å². The Morgan fingerprint density at radius 2 is 2.07 bits per heavy atom. The van der Waals surface area contributed by atoms with Crippen molar-refractivity contribution in [3.63, 3.8) is 0 Å². The van der Waals surface area contributed by atoms with Crippen LogP contribution >= 0.6 is 11.6 Å². The molecule has 0 atom stereocenters. The number of nitrogens with zero attached hydrogens (tertiary/aromatic N) is 1. The number of halogens is 1. The molecule has 0 N–H and O–H groups in total. The third kappa shape index (κ3) is 2.09. The third-order valence-electron chi connectivity index (χ3n) is 1.84. The predicted octanol–water partition coefficient (Wildman–Crippen LogP) is 2.42. The molecule has 0 heterocycles. The van der Waals surface area contributed by atoms with E-state index in [1.165, 1.54) is 7.11 Å². The molecule has 0 aliphatic heterocycles. The van der Waals surface area contributed by atoms with Gasteiger partial charge in [-0.3, -0.25) is 0 Å². The Labute approximate surface area is 87.8 Å². The van der Waals surface area contributed by atoms with Gasteiger partial charge in [0.05, 0.1) is 31.7 Å². The molecule has 14 heavy (non-hydrogen) atoms. The highest BCUT2D eigenvalue weighted by atomic mass is 35.5. The van der Waals surface area contributed by atoms with Crippen LogP contribution in [0.2, 0.25) is 5.02 Å². The molecule has 0 amide bonds. The van der Waals surface area contributed by atoms with Gasteiger partial charge >= 0.3 is 0 Å². The first-order chi connectivity index (χ1) is 6.72. The fourth-order valence-corrected chi connectivity index (χ4v) is 1.41. The lowest BCUT2D eigenvalue weighted by molar-refractivity contribution is 0.392. The maximum atomic E-state index is 8.60. The molecule has 0 unspecified atom stereocenters. The molecule has 1 rings (SSSR count). The first-order valence-corrected chi connectivity index (χ1v) is 4.38. The Bertz CT molecular complexity index is 371. The molecule has 1 aromatic rings. The number of hydrogen-bond acceptors (Lipinski definition) is 3. The maximum Gasteiger partial charge on any atom is 0.128 e. The van der Waals surface area contributed by atoms with E-state index in [1.807, 2.05) is 6.07 Å². The highest BCUT2D eigenvalue weighted by Crippen LogP contribution is 2.32. The third-order valence-corrected chi connectivity index (χ3v) is 2.18. The number of rotatable bonds is 3. The van der Waals surface area contributed by atoms with E-state index >= 15 is 0 Å². The van der Waals surface area contributed by atoms with Gasteiger partial charge < -0.3 is 9.47 Å². The van der Waals surface area contributed by atoms with Crippen molar-refractivity contribution in [2.24, 2.45) is 0 Å². The van der Waals surface area contributed by atoms with Crippen molar-refractivity contribution >= 4 is 11.6 Å². The van der Waals surface area contributed by atoms with Crippen LogP contribution in [0.15, 0.2) is 12.1 Å². The molecular weight excluding hydrogens is 202 g/mol. The van der Waals surface area contributed by atoms with Crippen LogP contribution in [-0.4, -0.2) is 14.2 Å². The van der Waals surface area contributed by atoms with Crippen LogP contribution in [0, 0.1) is 11.3 Å². The normalized spacial score (nSPS) is 9.29. The second-order valence-corrected chi connectivity index (χ2v) is 3.03. The summed E-state index contributed by atoms with van der Waals surface area (Å²) < 4.78 is 10.1. The zero-order chi connectivity index (χ0) is 10.6. The van der Waals surface area contributed by atoms with Crippen molar-refractivity contribution in [1.82, 2.24) is 0 Å². The standard InChI is InChI=1S/C10H10ClNO2/c1-13-7-5-9(11)8(3-4-12)10(6-7)14-2/h5-6H,3H2,1-2H3. The van der Waals surface area contributed by atoms with Crippen LogP contribution in [0.3, 0.4) is 0 Å². The lowest BCUT2D eigenvalue weighted by atomic mass is 10.1. The van der Waals surface area contributed by atoms with E-state index in [0.29, 0.717) is 22.1 Å². The summed E-state index contributed by atoms with van der Waals surface area (Å²) >= 11 is 5.96. The number of nitriles is 1. The van der Waals surface area contributed by atoms with E-state index in [2.05, 4.69) is 0 Å². The van der Waals surface area contributed by atoms with Crippen molar-refractivity contribution in [2.75, 3.05) is 14.2 Å². The van der Waals surface area contributed by atoms with Crippen LogP contribution in [0.5, 0.6) is 11.5 Å². The molecule has 3 nitrogen and oxygen atoms in total. The lowest BCUT2D eigenvalue weighted by Crippen LogP contribution is -1.94. The first kappa shape index (κ1) is 10.7. The zero-order valence-corrected chi connectivity index (χ0v) is 8.76. The highest BCUT2D eigenvalue weighted by molar-refractivity contribution is 6.31. The average Bonchev–Trinajstić information content (AvgIpc) is 2.20. The summed E-state index contributed by atoms with van der Waals surface area (Å²) in [6, 6.07) is 5.40. The Kier molecular flexibility index (Phi) is 3.61. The van der Waals surface area contributed by atoms with Gasteiger partial charge in [-0.05, 0) is 6.07 Å². The summed E-state index contributed by atoms with van der Waals surface area (Å²) in [6.07, 6.45) is 0.228. The van der Waals surface area contributed by atoms with Crippen molar-refractivity contribution < 1.29 is 9.47 Å². The molecule has 0 aromatic heterocycles. The summed E-state index contributed by atoms with van der Waals surface area (Å²) in [4.78, 5) is 0.